The van der Waals surface area contributed by atoms with Gasteiger partial charge in [-0.2, -0.15) is 5.26 Å². The molecule has 4 heterocycles. The highest BCUT2D eigenvalue weighted by Gasteiger charge is 2.34. The summed E-state index contributed by atoms with van der Waals surface area (Å²) in [5.41, 5.74) is 2.02. The summed E-state index contributed by atoms with van der Waals surface area (Å²) in [5, 5.41) is 12.2. The normalized spacial score (nSPS) is 22.3. The van der Waals surface area contributed by atoms with E-state index in [4.69, 9.17) is 9.47 Å². The van der Waals surface area contributed by atoms with E-state index >= 15 is 0 Å². The second-order valence-corrected chi connectivity index (χ2v) is 9.95. The average Bonchev–Trinajstić information content (AvgIpc) is 3.22. The zero-order chi connectivity index (χ0) is 26.8. The summed E-state index contributed by atoms with van der Waals surface area (Å²) in [5.74, 6) is 1.05. The summed E-state index contributed by atoms with van der Waals surface area (Å²) < 4.78 is 11.4. The molecule has 5 rings (SSSR count). The summed E-state index contributed by atoms with van der Waals surface area (Å²) in [6.07, 6.45) is 5.76. The van der Waals surface area contributed by atoms with Gasteiger partial charge in [0.25, 0.3) is 0 Å². The van der Waals surface area contributed by atoms with Crippen molar-refractivity contribution in [1.82, 2.24) is 14.9 Å². The average molecular weight is 519 g/mol. The van der Waals surface area contributed by atoms with Gasteiger partial charge < -0.3 is 14.4 Å². The number of nitrogens with one attached hydrogen (secondary N) is 1. The van der Waals surface area contributed by atoms with Crippen LogP contribution >= 0.6 is 0 Å². The molecule has 11 heteroatoms. The van der Waals surface area contributed by atoms with Crippen LogP contribution in [0.2, 0.25) is 0 Å². The molecule has 1 saturated heterocycles. The van der Waals surface area contributed by atoms with E-state index in [2.05, 4.69) is 21.4 Å². The number of rotatable bonds is 7. The predicted molar refractivity (Wildman–Crippen MR) is 137 cm³/mol. The molecule has 2 aliphatic heterocycles. The summed E-state index contributed by atoms with van der Waals surface area (Å²) in [6, 6.07) is 5.04. The molecule has 2 aromatic rings. The van der Waals surface area contributed by atoms with Gasteiger partial charge in [0.2, 0.25) is 5.91 Å². The molecule has 1 aliphatic carbocycles. The van der Waals surface area contributed by atoms with Crippen LogP contribution in [0.25, 0.3) is 0 Å². The van der Waals surface area contributed by atoms with Gasteiger partial charge >= 0.3 is 6.03 Å². The monoisotopic (exact) mass is 518 g/mol. The molecular weight excluding hydrogens is 488 g/mol. The smallest absolute Gasteiger partial charge is 0.328 e. The Balaban J connectivity index is 1.35. The third-order valence-electron chi connectivity index (χ3n) is 7.51. The molecular formula is C27H30N6O5. The first-order chi connectivity index (χ1) is 18.4. The summed E-state index contributed by atoms with van der Waals surface area (Å²) in [7, 11) is 1.62. The van der Waals surface area contributed by atoms with Gasteiger partial charge in [-0.05, 0) is 43.7 Å². The highest BCUT2D eigenvalue weighted by atomic mass is 16.5. The molecule has 0 aromatic carbocycles. The first-order valence-electron chi connectivity index (χ1n) is 12.9. The number of fused-ring (bicyclic) bond motifs is 1. The van der Waals surface area contributed by atoms with E-state index in [1.54, 1.807) is 12.0 Å². The molecule has 198 valence electrons. The number of likely N-dealkylation sites (tertiary alicyclic amines) is 1. The molecule has 3 atom stereocenters. The molecule has 2 aromatic heterocycles. The van der Waals surface area contributed by atoms with Crippen molar-refractivity contribution < 1.29 is 23.9 Å². The Morgan fingerprint density at radius 1 is 1.26 bits per heavy atom. The quantitative estimate of drug-likeness (QED) is 0.552. The summed E-state index contributed by atoms with van der Waals surface area (Å²) in [6.45, 7) is 3.31. The Morgan fingerprint density at radius 2 is 2.08 bits per heavy atom. The van der Waals surface area contributed by atoms with Crippen LogP contribution in [0.3, 0.4) is 0 Å². The molecule has 0 bridgehead atoms. The topological polar surface area (TPSA) is 138 Å². The van der Waals surface area contributed by atoms with E-state index in [-0.39, 0.29) is 41.1 Å². The fourth-order valence-corrected chi connectivity index (χ4v) is 5.11. The number of urea groups is 1. The van der Waals surface area contributed by atoms with Crippen LogP contribution in [-0.2, 0) is 22.5 Å². The van der Waals surface area contributed by atoms with Crippen LogP contribution in [-0.4, -0.2) is 65.5 Å². The van der Waals surface area contributed by atoms with Crippen LogP contribution in [0, 0.1) is 17.2 Å². The highest BCUT2D eigenvalue weighted by Crippen LogP contribution is 2.32. The van der Waals surface area contributed by atoms with Gasteiger partial charge in [-0.1, -0.05) is 6.92 Å². The lowest BCUT2D eigenvalue weighted by atomic mass is 9.92. The first-order valence-corrected chi connectivity index (χ1v) is 12.9. The Hall–Kier alpha value is -4.04. The number of aldehydes is 1. The van der Waals surface area contributed by atoms with Crippen LogP contribution in [0.1, 0.15) is 59.8 Å². The van der Waals surface area contributed by atoms with E-state index in [1.165, 1.54) is 17.2 Å². The van der Waals surface area contributed by atoms with E-state index in [1.807, 2.05) is 13.0 Å². The van der Waals surface area contributed by atoms with E-state index < -0.39 is 6.03 Å². The van der Waals surface area contributed by atoms with Crippen LogP contribution < -0.4 is 15.0 Å². The van der Waals surface area contributed by atoms with Crippen molar-refractivity contribution in [1.29, 1.82) is 5.26 Å². The third kappa shape index (κ3) is 4.91. The van der Waals surface area contributed by atoms with Crippen molar-refractivity contribution in [3.63, 3.8) is 0 Å². The predicted octanol–water partition coefficient (Wildman–Crippen LogP) is 3.07. The molecule has 0 unspecified atom stereocenters. The van der Waals surface area contributed by atoms with Crippen molar-refractivity contribution in [2.45, 2.75) is 57.8 Å². The van der Waals surface area contributed by atoms with Crippen LogP contribution in [0.4, 0.5) is 16.4 Å². The van der Waals surface area contributed by atoms with Crippen LogP contribution in [0.15, 0.2) is 18.3 Å². The molecule has 38 heavy (non-hydrogen) atoms. The van der Waals surface area contributed by atoms with E-state index in [9.17, 15) is 19.6 Å². The van der Waals surface area contributed by atoms with Crippen molar-refractivity contribution in [3.8, 4) is 11.8 Å². The second-order valence-electron chi connectivity index (χ2n) is 9.95. The summed E-state index contributed by atoms with van der Waals surface area (Å²) in [4.78, 5) is 49.6. The summed E-state index contributed by atoms with van der Waals surface area (Å²) >= 11 is 0. The molecule has 1 N–H and O–H groups in total. The van der Waals surface area contributed by atoms with Gasteiger partial charge in [-0.25, -0.2) is 14.8 Å². The maximum Gasteiger partial charge on any atom is 0.328 e. The molecule has 0 spiro atoms. The minimum Gasteiger partial charge on any atom is -0.486 e. The lowest BCUT2D eigenvalue weighted by Crippen LogP contribution is -2.42. The number of carbonyl (C=O) groups is 3. The Labute approximate surface area is 220 Å². The number of nitriles is 1. The van der Waals surface area contributed by atoms with Gasteiger partial charge in [-0.3, -0.25) is 19.8 Å². The van der Waals surface area contributed by atoms with Gasteiger partial charge in [-0.15, -0.1) is 0 Å². The zero-order valence-electron chi connectivity index (χ0n) is 21.5. The minimum atomic E-state index is -0.451. The maximum absolute atomic E-state index is 13.3. The van der Waals surface area contributed by atoms with Crippen LogP contribution in [0.5, 0.6) is 5.75 Å². The lowest BCUT2D eigenvalue weighted by Gasteiger charge is -2.35. The Bertz CT molecular complexity index is 1310. The number of amides is 3. The largest absolute Gasteiger partial charge is 0.486 e. The SMILES string of the molecule is CO[C@@H]1CC[C@@H]1Oc1cc(NC(=O)N2CCCc3cc(CN4CC[C@H](C)C4=O)c(C=O)nc32)ncc1C#N. The molecule has 2 fully saturated rings. The van der Waals surface area contributed by atoms with Crippen molar-refractivity contribution >= 4 is 29.9 Å². The molecule has 0 radical (unpaired) electrons. The number of anilines is 2. The number of nitrogens with zero attached hydrogens (tertiary/aromatic N) is 5. The zero-order valence-corrected chi connectivity index (χ0v) is 21.5. The van der Waals surface area contributed by atoms with E-state index in [0.717, 1.165) is 31.2 Å². The number of aromatic nitrogens is 2. The number of ether oxygens (including phenoxy) is 2. The van der Waals surface area contributed by atoms with Crippen molar-refractivity contribution in [2.75, 3.05) is 30.4 Å². The highest BCUT2D eigenvalue weighted by molar-refractivity contribution is 6.01. The van der Waals surface area contributed by atoms with Gasteiger partial charge in [0, 0.05) is 44.3 Å². The third-order valence-corrected chi connectivity index (χ3v) is 7.51. The maximum atomic E-state index is 13.3. The fraction of sp³-hybridized carbons (Fsp3) is 0.481. The fourth-order valence-electron chi connectivity index (χ4n) is 5.11. The Kier molecular flexibility index (Phi) is 7.24. The van der Waals surface area contributed by atoms with Crippen molar-refractivity contribution in [3.05, 3.63) is 40.7 Å². The van der Waals surface area contributed by atoms with Gasteiger partial charge in [0.15, 0.2) is 6.29 Å². The number of pyridine rings is 2. The van der Waals surface area contributed by atoms with E-state index in [0.29, 0.717) is 49.5 Å². The number of methoxy groups -OCH3 is 1. The minimum absolute atomic E-state index is 0.0173. The van der Waals surface area contributed by atoms with Gasteiger partial charge in [0.1, 0.15) is 40.8 Å². The van der Waals surface area contributed by atoms with Gasteiger partial charge in [0.05, 0.1) is 12.3 Å². The number of carbonyl (C=O) groups excluding carboxylic acids is 3. The van der Waals surface area contributed by atoms with Crippen molar-refractivity contribution in [2.24, 2.45) is 5.92 Å². The number of aryl methyl sites for hydroxylation is 1. The number of hydrogen-bond acceptors (Lipinski definition) is 8. The molecule has 3 aliphatic rings. The lowest BCUT2D eigenvalue weighted by molar-refractivity contribution is -0.131. The Morgan fingerprint density at radius 3 is 2.74 bits per heavy atom. The second kappa shape index (κ2) is 10.8. The molecule has 3 amide bonds. The number of hydrogen-bond donors (Lipinski definition) is 1. The first kappa shape index (κ1) is 25.6. The standard InChI is InChI=1S/C27H30N6O5/c1-16-7-9-32(26(16)35)14-18-10-17-4-3-8-33(25(17)30-20(18)15-34)27(36)31-24-11-23(19(12-28)13-29-24)38-22-6-5-21(22)37-2/h10-11,13,15-16,21-22H,3-9,14H2,1-2H3,(H,29,31,36)/t16-,21+,22-/m0/s1. The molecule has 11 nitrogen and oxygen atoms in total. The molecule has 1 saturated carbocycles.